The van der Waals surface area contributed by atoms with E-state index < -0.39 is 37.6 Å². The van der Waals surface area contributed by atoms with Gasteiger partial charge in [-0.25, -0.2) is 0 Å². The number of hydrogen-bond donors (Lipinski definition) is 1. The Hall–Kier alpha value is -3.89. The molecule has 0 radical (unpaired) electrons. The summed E-state index contributed by atoms with van der Waals surface area (Å²) in [5.74, 6) is -0.919. The normalized spacial score (nSPS) is 10.0. The van der Waals surface area contributed by atoms with E-state index in [1.54, 1.807) is 0 Å². The molecule has 0 saturated heterocycles. The maximum absolute atomic E-state index is 12.1. The van der Waals surface area contributed by atoms with Gasteiger partial charge in [-0.3, -0.25) is 35.1 Å². The third-order valence-electron chi connectivity index (χ3n) is 2.95. The quantitative estimate of drug-likeness (QED) is 0.650. The highest BCUT2D eigenvalue weighted by atomic mass is 16.6. The molecule has 11 nitrogen and oxygen atoms in total. The van der Waals surface area contributed by atoms with Gasteiger partial charge < -0.3 is 5.32 Å². The Morgan fingerprint density at radius 2 is 1.46 bits per heavy atom. The number of non-ortho nitro benzene ring substituents is 2. The summed E-state index contributed by atoms with van der Waals surface area (Å²) in [6.07, 6.45) is 0. The van der Waals surface area contributed by atoms with Gasteiger partial charge in [-0.05, 0) is 12.1 Å². The summed E-state index contributed by atoms with van der Waals surface area (Å²) in [4.78, 5) is 42.1. The molecule has 2 aromatic rings. The summed E-state index contributed by atoms with van der Waals surface area (Å²) in [6.45, 7) is 0. The lowest BCUT2D eigenvalue weighted by Crippen LogP contribution is -2.14. The molecule has 0 saturated carbocycles. The maximum atomic E-state index is 12.1. The van der Waals surface area contributed by atoms with Crippen molar-refractivity contribution in [1.29, 1.82) is 0 Å². The Morgan fingerprint density at radius 1 is 0.833 bits per heavy atom. The molecule has 0 heterocycles. The number of nitro benzene ring substituents is 3. The van der Waals surface area contributed by atoms with Crippen LogP contribution in [0.1, 0.15) is 10.4 Å². The molecule has 0 bridgehead atoms. The number of carbonyl (C=O) groups excluding carboxylic acids is 1. The molecule has 0 aliphatic rings. The zero-order valence-electron chi connectivity index (χ0n) is 11.7. The fourth-order valence-electron chi connectivity index (χ4n) is 1.87. The van der Waals surface area contributed by atoms with Gasteiger partial charge in [-0.15, -0.1) is 0 Å². The standard InChI is InChI=1S/C13H8N4O7/c18-13(14-8-2-1-3-9(6-8)15(19)20)11-5-4-10(16(21)22)7-12(11)17(23)24/h1-7H,(H,14,18). The molecule has 1 amide bonds. The monoisotopic (exact) mass is 332 g/mol. The molecule has 0 fully saturated rings. The van der Waals surface area contributed by atoms with Crippen LogP contribution >= 0.6 is 0 Å². The molecule has 0 aliphatic carbocycles. The number of nitro groups is 3. The van der Waals surface area contributed by atoms with Crippen molar-refractivity contribution in [1.82, 2.24) is 0 Å². The lowest BCUT2D eigenvalue weighted by atomic mass is 10.1. The van der Waals surface area contributed by atoms with Crippen LogP contribution in [0.5, 0.6) is 0 Å². The number of benzene rings is 2. The summed E-state index contributed by atoms with van der Waals surface area (Å²) in [5, 5.41) is 34.7. The average molecular weight is 332 g/mol. The molecule has 0 aromatic heterocycles. The number of anilines is 1. The minimum atomic E-state index is -0.921. The molecule has 1 N–H and O–H groups in total. The second-order valence-corrected chi connectivity index (χ2v) is 4.48. The fourth-order valence-corrected chi connectivity index (χ4v) is 1.87. The average Bonchev–Trinajstić information content (AvgIpc) is 2.54. The molecular formula is C13H8N4O7. The topological polar surface area (TPSA) is 159 Å². The predicted molar refractivity (Wildman–Crippen MR) is 80.8 cm³/mol. The van der Waals surface area contributed by atoms with Crippen molar-refractivity contribution in [2.75, 3.05) is 5.32 Å². The van der Waals surface area contributed by atoms with Gasteiger partial charge in [-0.2, -0.15) is 0 Å². The first-order valence-electron chi connectivity index (χ1n) is 6.28. The van der Waals surface area contributed by atoms with Gasteiger partial charge in [-0.1, -0.05) is 6.07 Å². The second-order valence-electron chi connectivity index (χ2n) is 4.48. The molecule has 0 aliphatic heterocycles. The van der Waals surface area contributed by atoms with Crippen LogP contribution < -0.4 is 5.32 Å². The zero-order chi connectivity index (χ0) is 17.9. The lowest BCUT2D eigenvalue weighted by molar-refractivity contribution is -0.394. The zero-order valence-corrected chi connectivity index (χ0v) is 11.7. The number of carbonyl (C=O) groups is 1. The molecule has 122 valence electrons. The third kappa shape index (κ3) is 3.47. The number of hydrogen-bond acceptors (Lipinski definition) is 7. The largest absolute Gasteiger partial charge is 0.322 e. The van der Waals surface area contributed by atoms with Crippen molar-refractivity contribution in [3.05, 3.63) is 78.4 Å². The van der Waals surface area contributed by atoms with E-state index in [-0.39, 0.29) is 11.4 Å². The van der Waals surface area contributed by atoms with Crippen LogP contribution in [0.15, 0.2) is 42.5 Å². The van der Waals surface area contributed by atoms with Crippen molar-refractivity contribution >= 4 is 28.7 Å². The van der Waals surface area contributed by atoms with Crippen molar-refractivity contribution in [2.45, 2.75) is 0 Å². The summed E-state index contributed by atoms with van der Waals surface area (Å²) in [7, 11) is 0. The van der Waals surface area contributed by atoms with Gasteiger partial charge in [0.05, 0.1) is 20.8 Å². The summed E-state index contributed by atoms with van der Waals surface area (Å²) in [5.41, 5.74) is -1.90. The number of amides is 1. The summed E-state index contributed by atoms with van der Waals surface area (Å²) < 4.78 is 0. The van der Waals surface area contributed by atoms with Gasteiger partial charge in [0.2, 0.25) is 0 Å². The molecule has 24 heavy (non-hydrogen) atoms. The van der Waals surface area contributed by atoms with Crippen LogP contribution in [0.3, 0.4) is 0 Å². The molecule has 2 aromatic carbocycles. The second kappa shape index (κ2) is 6.48. The van der Waals surface area contributed by atoms with E-state index in [1.807, 2.05) is 0 Å². The van der Waals surface area contributed by atoms with Gasteiger partial charge in [0.15, 0.2) is 0 Å². The molecule has 0 atom stereocenters. The Labute approximate surface area is 133 Å². The van der Waals surface area contributed by atoms with Crippen LogP contribution in [-0.2, 0) is 0 Å². The Kier molecular flexibility index (Phi) is 4.45. The first kappa shape index (κ1) is 16.5. The fraction of sp³-hybridized carbons (Fsp3) is 0. The third-order valence-corrected chi connectivity index (χ3v) is 2.95. The van der Waals surface area contributed by atoms with Crippen LogP contribution in [0.2, 0.25) is 0 Å². The van der Waals surface area contributed by atoms with Crippen LogP contribution in [0.4, 0.5) is 22.7 Å². The Balaban J connectivity index is 2.36. The van der Waals surface area contributed by atoms with Gasteiger partial charge >= 0.3 is 0 Å². The van der Waals surface area contributed by atoms with E-state index >= 15 is 0 Å². The van der Waals surface area contributed by atoms with Crippen molar-refractivity contribution in [3.8, 4) is 0 Å². The van der Waals surface area contributed by atoms with E-state index in [0.717, 1.165) is 18.2 Å². The molecule has 11 heteroatoms. The molecular weight excluding hydrogens is 324 g/mol. The maximum Gasteiger partial charge on any atom is 0.289 e. The Bertz CT molecular complexity index is 865. The molecule has 0 spiro atoms. The van der Waals surface area contributed by atoms with Gasteiger partial charge in [0.25, 0.3) is 23.0 Å². The van der Waals surface area contributed by atoms with Gasteiger partial charge in [0.1, 0.15) is 5.56 Å². The molecule has 0 unspecified atom stereocenters. The van der Waals surface area contributed by atoms with Crippen molar-refractivity contribution < 1.29 is 19.6 Å². The van der Waals surface area contributed by atoms with E-state index in [0.29, 0.717) is 6.07 Å². The predicted octanol–water partition coefficient (Wildman–Crippen LogP) is 2.66. The van der Waals surface area contributed by atoms with Crippen LogP contribution in [-0.4, -0.2) is 20.7 Å². The highest BCUT2D eigenvalue weighted by Crippen LogP contribution is 2.26. The van der Waals surface area contributed by atoms with Crippen molar-refractivity contribution in [3.63, 3.8) is 0 Å². The summed E-state index contributed by atoms with van der Waals surface area (Å²) in [6, 6.07) is 7.56. The van der Waals surface area contributed by atoms with E-state index in [9.17, 15) is 35.1 Å². The lowest BCUT2D eigenvalue weighted by Gasteiger charge is -2.06. The van der Waals surface area contributed by atoms with Gasteiger partial charge in [0, 0.05) is 23.9 Å². The van der Waals surface area contributed by atoms with E-state index in [4.69, 9.17) is 0 Å². The number of nitrogens with one attached hydrogen (secondary N) is 1. The molecule has 2 rings (SSSR count). The summed E-state index contributed by atoms with van der Waals surface area (Å²) >= 11 is 0. The smallest absolute Gasteiger partial charge is 0.289 e. The SMILES string of the molecule is O=C(Nc1cccc([N+](=O)[O-])c1)c1ccc([N+](=O)[O-])cc1[N+](=O)[O-]. The van der Waals surface area contributed by atoms with Crippen LogP contribution in [0, 0.1) is 30.3 Å². The van der Waals surface area contributed by atoms with Crippen LogP contribution in [0.25, 0.3) is 0 Å². The van der Waals surface area contributed by atoms with E-state index in [2.05, 4.69) is 5.32 Å². The van der Waals surface area contributed by atoms with E-state index in [1.165, 1.54) is 18.2 Å². The highest BCUT2D eigenvalue weighted by Gasteiger charge is 2.24. The Morgan fingerprint density at radius 3 is 2.04 bits per heavy atom. The minimum absolute atomic E-state index is 0.0573. The minimum Gasteiger partial charge on any atom is -0.322 e. The highest BCUT2D eigenvalue weighted by molar-refractivity contribution is 6.07. The number of nitrogens with zero attached hydrogens (tertiary/aromatic N) is 3. The first-order chi connectivity index (χ1) is 11.3. The number of rotatable bonds is 5. The van der Waals surface area contributed by atoms with Crippen molar-refractivity contribution in [2.24, 2.45) is 0 Å². The first-order valence-corrected chi connectivity index (χ1v) is 6.28.